The van der Waals surface area contributed by atoms with Crippen molar-refractivity contribution in [3.8, 4) is 5.75 Å². The number of benzene rings is 1. The summed E-state index contributed by atoms with van der Waals surface area (Å²) in [6, 6.07) is 6.79. The van der Waals surface area contributed by atoms with Crippen LogP contribution in [0.4, 0.5) is 0 Å². The molecule has 0 atom stereocenters. The number of amides is 1. The predicted octanol–water partition coefficient (Wildman–Crippen LogP) is 2.52. The minimum absolute atomic E-state index is 0.0814. The van der Waals surface area contributed by atoms with Crippen LogP contribution in [0.25, 0.3) is 11.0 Å². The quantitative estimate of drug-likeness (QED) is 0.386. The van der Waals surface area contributed by atoms with E-state index in [1.165, 1.54) is 6.07 Å². The number of hydrogen-bond acceptors (Lipinski definition) is 6. The molecule has 0 spiro atoms. The van der Waals surface area contributed by atoms with Gasteiger partial charge < -0.3 is 19.2 Å². The molecule has 0 bridgehead atoms. The average molecular weight is 415 g/mol. The number of nitrogens with zero attached hydrogens (tertiary/aromatic N) is 1. The van der Waals surface area contributed by atoms with Crippen molar-refractivity contribution in [3.05, 3.63) is 51.9 Å². The highest BCUT2D eigenvalue weighted by molar-refractivity contribution is 5.83. The van der Waals surface area contributed by atoms with Crippen LogP contribution in [-0.2, 0) is 16.0 Å². The summed E-state index contributed by atoms with van der Waals surface area (Å²) in [5.41, 5.74) is 2.01. The molecule has 1 aromatic carbocycles. The molecule has 1 saturated heterocycles. The van der Waals surface area contributed by atoms with Crippen molar-refractivity contribution in [2.45, 2.75) is 26.7 Å². The number of morpholine rings is 1. The molecule has 1 amide bonds. The molecule has 3 rings (SSSR count). The summed E-state index contributed by atoms with van der Waals surface area (Å²) >= 11 is 0. The predicted molar refractivity (Wildman–Crippen MR) is 116 cm³/mol. The maximum atomic E-state index is 12.2. The van der Waals surface area contributed by atoms with E-state index in [1.54, 1.807) is 6.07 Å². The Labute approximate surface area is 176 Å². The second-order valence-electron chi connectivity index (χ2n) is 7.65. The van der Waals surface area contributed by atoms with E-state index in [9.17, 15) is 9.59 Å². The lowest BCUT2D eigenvalue weighted by atomic mass is 10.1. The number of carbonyl (C=O) groups is 1. The molecule has 2 aromatic rings. The van der Waals surface area contributed by atoms with Crippen molar-refractivity contribution in [1.82, 2.24) is 10.2 Å². The van der Waals surface area contributed by atoms with Gasteiger partial charge in [0.2, 0.25) is 0 Å². The van der Waals surface area contributed by atoms with Crippen molar-refractivity contribution in [2.24, 2.45) is 0 Å². The Morgan fingerprint density at radius 2 is 1.97 bits per heavy atom. The van der Waals surface area contributed by atoms with Gasteiger partial charge in [0.15, 0.2) is 6.61 Å². The molecule has 0 radical (unpaired) electrons. The maximum Gasteiger partial charge on any atom is 0.336 e. The summed E-state index contributed by atoms with van der Waals surface area (Å²) in [5, 5.41) is 3.73. The fourth-order valence-corrected chi connectivity index (χ4v) is 3.36. The molecule has 0 saturated carbocycles. The Morgan fingerprint density at radius 3 is 2.73 bits per heavy atom. The van der Waals surface area contributed by atoms with Crippen LogP contribution < -0.4 is 15.7 Å². The zero-order valence-corrected chi connectivity index (χ0v) is 17.7. The third kappa shape index (κ3) is 6.43. The van der Waals surface area contributed by atoms with Gasteiger partial charge in [-0.25, -0.2) is 4.79 Å². The Kier molecular flexibility index (Phi) is 8.04. The summed E-state index contributed by atoms with van der Waals surface area (Å²) < 4.78 is 16.6. The first-order valence-corrected chi connectivity index (χ1v) is 10.4. The van der Waals surface area contributed by atoms with Crippen LogP contribution in [0, 0.1) is 0 Å². The van der Waals surface area contributed by atoms with Crippen LogP contribution in [0.2, 0.25) is 0 Å². The van der Waals surface area contributed by atoms with E-state index in [-0.39, 0.29) is 12.5 Å². The largest absolute Gasteiger partial charge is 0.483 e. The molecule has 162 valence electrons. The van der Waals surface area contributed by atoms with Gasteiger partial charge >= 0.3 is 5.63 Å². The third-order valence-electron chi connectivity index (χ3n) is 5.00. The summed E-state index contributed by atoms with van der Waals surface area (Å²) in [7, 11) is 0. The van der Waals surface area contributed by atoms with Gasteiger partial charge in [0, 0.05) is 36.7 Å². The number of fused-ring (bicyclic) bond motifs is 1. The first-order valence-electron chi connectivity index (χ1n) is 10.4. The fraction of sp³-hybridized carbons (Fsp3) is 0.478. The van der Waals surface area contributed by atoms with Gasteiger partial charge in [-0.05, 0) is 51.4 Å². The topological polar surface area (TPSA) is 81.0 Å². The van der Waals surface area contributed by atoms with Crippen molar-refractivity contribution in [1.29, 1.82) is 0 Å². The minimum atomic E-state index is -0.406. The van der Waals surface area contributed by atoms with Crippen molar-refractivity contribution in [2.75, 3.05) is 46.0 Å². The zero-order valence-electron chi connectivity index (χ0n) is 17.7. The minimum Gasteiger partial charge on any atom is -0.483 e. The molecule has 0 aliphatic carbocycles. The lowest BCUT2D eigenvalue weighted by Crippen LogP contribution is -2.38. The number of nitrogens with one attached hydrogen (secondary N) is 1. The van der Waals surface area contributed by atoms with Crippen LogP contribution >= 0.6 is 0 Å². The number of carbonyl (C=O) groups excluding carboxylic acids is 1. The Bertz CT molecular complexity index is 940. The summed E-state index contributed by atoms with van der Waals surface area (Å²) in [6.07, 6.45) is 3.49. The maximum absolute atomic E-state index is 12.2. The smallest absolute Gasteiger partial charge is 0.336 e. The van der Waals surface area contributed by atoms with Crippen molar-refractivity contribution in [3.63, 3.8) is 0 Å². The van der Waals surface area contributed by atoms with E-state index < -0.39 is 5.63 Å². The van der Waals surface area contributed by atoms with E-state index >= 15 is 0 Å². The van der Waals surface area contributed by atoms with E-state index in [0.29, 0.717) is 24.3 Å². The molecule has 1 aromatic heterocycles. The van der Waals surface area contributed by atoms with Gasteiger partial charge in [-0.15, -0.1) is 0 Å². The number of hydrogen-bond donors (Lipinski definition) is 1. The highest BCUT2D eigenvalue weighted by Gasteiger charge is 2.13. The molecular formula is C23H30N2O5. The van der Waals surface area contributed by atoms with Gasteiger partial charge in [0.25, 0.3) is 5.91 Å². The molecule has 30 heavy (non-hydrogen) atoms. The number of allylic oxidation sites excluding steroid dienone is 2. The SMILES string of the molecule is CC(C)=CCc1c(OCC(=O)NCCCN2CCOCC2)ccc2ccc(=O)oc12. The summed E-state index contributed by atoms with van der Waals surface area (Å²) in [6.45, 7) is 8.94. The van der Waals surface area contributed by atoms with E-state index in [1.807, 2.05) is 32.1 Å². The van der Waals surface area contributed by atoms with Crippen LogP contribution in [-0.4, -0.2) is 56.8 Å². The highest BCUT2D eigenvalue weighted by Crippen LogP contribution is 2.28. The molecule has 2 heterocycles. The Morgan fingerprint density at radius 1 is 1.20 bits per heavy atom. The molecule has 1 aliphatic heterocycles. The second-order valence-corrected chi connectivity index (χ2v) is 7.65. The second kappa shape index (κ2) is 10.9. The standard InChI is InChI=1S/C23H30N2O5/c1-17(2)4-7-19-20(8-5-18-6-9-22(27)30-23(18)19)29-16-21(26)24-10-3-11-25-12-14-28-15-13-25/h4-6,8-9H,3,7,10-16H2,1-2H3,(H,24,26). The van der Waals surface area contributed by atoms with Crippen LogP contribution in [0.1, 0.15) is 25.8 Å². The number of rotatable bonds is 9. The van der Waals surface area contributed by atoms with Crippen LogP contribution in [0.5, 0.6) is 5.75 Å². The van der Waals surface area contributed by atoms with Gasteiger partial charge in [0.1, 0.15) is 11.3 Å². The fourth-order valence-electron chi connectivity index (χ4n) is 3.36. The molecule has 7 heteroatoms. The van der Waals surface area contributed by atoms with Crippen molar-refractivity contribution < 1.29 is 18.7 Å². The van der Waals surface area contributed by atoms with Gasteiger partial charge in [0.05, 0.1) is 13.2 Å². The lowest BCUT2D eigenvalue weighted by molar-refractivity contribution is -0.123. The monoisotopic (exact) mass is 414 g/mol. The molecule has 1 fully saturated rings. The highest BCUT2D eigenvalue weighted by atomic mass is 16.5. The van der Waals surface area contributed by atoms with E-state index in [4.69, 9.17) is 13.9 Å². The van der Waals surface area contributed by atoms with Gasteiger partial charge in [-0.1, -0.05) is 11.6 Å². The van der Waals surface area contributed by atoms with Crippen molar-refractivity contribution >= 4 is 16.9 Å². The average Bonchev–Trinajstić information content (AvgIpc) is 2.74. The van der Waals surface area contributed by atoms with E-state index in [2.05, 4.69) is 10.2 Å². The molecule has 1 N–H and O–H groups in total. The van der Waals surface area contributed by atoms with Crippen LogP contribution in [0.15, 0.2) is 45.1 Å². The summed E-state index contributed by atoms with van der Waals surface area (Å²) in [4.78, 5) is 26.3. The lowest BCUT2D eigenvalue weighted by Gasteiger charge is -2.26. The van der Waals surface area contributed by atoms with Crippen LogP contribution in [0.3, 0.4) is 0 Å². The first-order chi connectivity index (χ1) is 14.5. The van der Waals surface area contributed by atoms with Gasteiger partial charge in [-0.3, -0.25) is 9.69 Å². The Hall–Kier alpha value is -2.64. The molecule has 0 unspecified atom stereocenters. The Balaban J connectivity index is 1.57. The molecular weight excluding hydrogens is 384 g/mol. The molecule has 7 nitrogen and oxygen atoms in total. The molecule has 1 aliphatic rings. The van der Waals surface area contributed by atoms with E-state index in [0.717, 1.165) is 55.8 Å². The first kappa shape index (κ1) is 22.1. The third-order valence-corrected chi connectivity index (χ3v) is 5.00. The normalized spacial score (nSPS) is 14.5. The van der Waals surface area contributed by atoms with Gasteiger partial charge in [-0.2, -0.15) is 0 Å². The number of ether oxygens (including phenoxy) is 2. The summed E-state index contributed by atoms with van der Waals surface area (Å²) in [5.74, 6) is 0.387. The zero-order chi connectivity index (χ0) is 21.3.